The molecule has 2 aromatic rings. The first-order valence-electron chi connectivity index (χ1n) is 7.71. The normalized spacial score (nSPS) is 9.30. The standard InChI is InChI=1S/C12H12FN3O2.C3H8.C2H6/c1-7-10(14)11(12(17)18)15-16(7)6-8-4-2-3-5-9(8)13;1-3-2;1-2/h2-5H,6,14H2,1H3,(H,17,18);3H2,1-2H3;1-2H3. The lowest BCUT2D eigenvalue weighted by Crippen LogP contribution is -2.07. The van der Waals surface area contributed by atoms with Crippen LogP contribution in [-0.2, 0) is 6.54 Å². The molecule has 0 unspecified atom stereocenters. The fourth-order valence-corrected chi connectivity index (χ4v) is 1.66. The predicted octanol–water partition coefficient (Wildman–Crippen LogP) is 4.10. The second-order valence-corrected chi connectivity index (χ2v) is 4.61. The molecule has 0 aliphatic carbocycles. The van der Waals surface area contributed by atoms with Gasteiger partial charge in [0, 0.05) is 5.56 Å². The average Bonchev–Trinajstić information content (AvgIpc) is 2.81. The molecule has 0 fully saturated rings. The van der Waals surface area contributed by atoms with Gasteiger partial charge in [-0.2, -0.15) is 5.10 Å². The first-order chi connectivity index (χ1) is 10.9. The predicted molar refractivity (Wildman–Crippen MR) is 91.2 cm³/mol. The molecule has 0 saturated carbocycles. The zero-order valence-electron chi connectivity index (χ0n) is 14.4. The Hall–Kier alpha value is -2.37. The lowest BCUT2D eigenvalue weighted by Gasteiger charge is -2.05. The topological polar surface area (TPSA) is 81.1 Å². The first-order valence-corrected chi connectivity index (χ1v) is 7.71. The van der Waals surface area contributed by atoms with Crippen LogP contribution in [-0.4, -0.2) is 20.9 Å². The summed E-state index contributed by atoms with van der Waals surface area (Å²) in [5.74, 6) is -1.55. The molecule has 1 aromatic carbocycles. The summed E-state index contributed by atoms with van der Waals surface area (Å²) in [5, 5.41) is 12.8. The minimum atomic E-state index is -1.19. The van der Waals surface area contributed by atoms with Crippen molar-refractivity contribution in [3.63, 3.8) is 0 Å². The Morgan fingerprint density at radius 2 is 1.83 bits per heavy atom. The molecule has 1 aromatic heterocycles. The number of carboxylic acids is 1. The van der Waals surface area contributed by atoms with E-state index < -0.39 is 5.97 Å². The molecule has 0 atom stereocenters. The van der Waals surface area contributed by atoms with Crippen LogP contribution in [0.1, 0.15) is 55.9 Å². The van der Waals surface area contributed by atoms with Crippen LogP contribution in [0.4, 0.5) is 10.1 Å². The minimum Gasteiger partial charge on any atom is -0.476 e. The number of carboxylic acid groups (broad SMARTS) is 1. The van der Waals surface area contributed by atoms with Gasteiger partial charge in [0.1, 0.15) is 5.82 Å². The van der Waals surface area contributed by atoms with E-state index in [4.69, 9.17) is 10.8 Å². The van der Waals surface area contributed by atoms with Gasteiger partial charge in [-0.05, 0) is 13.0 Å². The zero-order chi connectivity index (χ0) is 18.0. The van der Waals surface area contributed by atoms with Gasteiger partial charge in [-0.15, -0.1) is 0 Å². The van der Waals surface area contributed by atoms with Crippen LogP contribution in [0.3, 0.4) is 0 Å². The van der Waals surface area contributed by atoms with Crippen molar-refractivity contribution in [2.75, 3.05) is 5.73 Å². The molecule has 3 N–H and O–H groups in total. The van der Waals surface area contributed by atoms with Gasteiger partial charge in [0.2, 0.25) is 0 Å². The maximum atomic E-state index is 13.5. The van der Waals surface area contributed by atoms with E-state index in [0.29, 0.717) is 11.3 Å². The van der Waals surface area contributed by atoms with Gasteiger partial charge < -0.3 is 10.8 Å². The number of nitrogens with two attached hydrogens (primary N) is 1. The number of aromatic nitrogens is 2. The van der Waals surface area contributed by atoms with Crippen LogP contribution in [0.15, 0.2) is 24.3 Å². The molecule has 0 saturated heterocycles. The quantitative estimate of drug-likeness (QED) is 0.891. The number of hydrogen-bond acceptors (Lipinski definition) is 3. The van der Waals surface area contributed by atoms with E-state index in [1.807, 2.05) is 13.8 Å². The number of carbonyl (C=O) groups is 1. The van der Waals surface area contributed by atoms with Gasteiger partial charge in [-0.3, -0.25) is 4.68 Å². The first kappa shape index (κ1) is 20.6. The van der Waals surface area contributed by atoms with Crippen molar-refractivity contribution in [3.05, 3.63) is 47.0 Å². The summed E-state index contributed by atoms with van der Waals surface area (Å²) in [5.41, 5.74) is 6.48. The van der Waals surface area contributed by atoms with Crippen LogP contribution in [0.5, 0.6) is 0 Å². The Bertz CT molecular complexity index is 624. The van der Waals surface area contributed by atoms with Gasteiger partial charge in [0.05, 0.1) is 17.9 Å². The molecule has 2 rings (SSSR count). The number of aromatic carboxylic acids is 1. The van der Waals surface area contributed by atoms with Gasteiger partial charge >= 0.3 is 5.97 Å². The molecule has 0 bridgehead atoms. The van der Waals surface area contributed by atoms with Crippen LogP contribution in [0.25, 0.3) is 0 Å². The Labute approximate surface area is 136 Å². The molecule has 5 nitrogen and oxygen atoms in total. The summed E-state index contributed by atoms with van der Waals surface area (Å²) in [6.45, 7) is 10.0. The summed E-state index contributed by atoms with van der Waals surface area (Å²) in [6.07, 6.45) is 1.25. The zero-order valence-corrected chi connectivity index (χ0v) is 14.4. The van der Waals surface area contributed by atoms with E-state index >= 15 is 0 Å². The van der Waals surface area contributed by atoms with Crippen molar-refractivity contribution in [3.8, 4) is 0 Å². The highest BCUT2D eigenvalue weighted by Gasteiger charge is 2.18. The van der Waals surface area contributed by atoms with Gasteiger partial charge in [0.25, 0.3) is 0 Å². The van der Waals surface area contributed by atoms with Crippen LogP contribution in [0, 0.1) is 12.7 Å². The van der Waals surface area contributed by atoms with E-state index in [1.54, 1.807) is 25.1 Å². The fourth-order valence-electron chi connectivity index (χ4n) is 1.66. The summed E-state index contributed by atoms with van der Waals surface area (Å²) in [7, 11) is 0. The van der Waals surface area contributed by atoms with E-state index in [0.717, 1.165) is 0 Å². The Morgan fingerprint density at radius 1 is 1.30 bits per heavy atom. The van der Waals surface area contributed by atoms with Crippen LogP contribution >= 0.6 is 0 Å². The number of rotatable bonds is 3. The van der Waals surface area contributed by atoms with Crippen LogP contribution < -0.4 is 5.73 Å². The van der Waals surface area contributed by atoms with E-state index in [1.165, 1.54) is 17.2 Å². The third kappa shape index (κ3) is 5.73. The average molecular weight is 323 g/mol. The number of benzene rings is 1. The molecule has 6 heteroatoms. The molecule has 1 heterocycles. The summed E-state index contributed by atoms with van der Waals surface area (Å²) in [4.78, 5) is 10.9. The SMILES string of the molecule is CC.CCC.Cc1c(N)c(C(=O)O)nn1Cc1ccccc1F. The number of nitrogen functional groups attached to an aromatic ring is 1. The van der Waals surface area contributed by atoms with Crippen molar-refractivity contribution < 1.29 is 14.3 Å². The van der Waals surface area contributed by atoms with Crippen molar-refractivity contribution in [2.45, 2.75) is 47.6 Å². The lowest BCUT2D eigenvalue weighted by molar-refractivity contribution is 0.0690. The third-order valence-corrected chi connectivity index (χ3v) is 2.73. The molecular formula is C17H26FN3O2. The van der Waals surface area contributed by atoms with E-state index in [-0.39, 0.29) is 23.7 Å². The minimum absolute atomic E-state index is 0.110. The highest BCUT2D eigenvalue weighted by molar-refractivity contribution is 5.91. The van der Waals surface area contributed by atoms with Crippen molar-refractivity contribution in [2.24, 2.45) is 0 Å². The fraction of sp³-hybridized carbons (Fsp3) is 0.412. The largest absolute Gasteiger partial charge is 0.476 e. The van der Waals surface area contributed by atoms with Gasteiger partial charge in [-0.25, -0.2) is 9.18 Å². The number of anilines is 1. The molecule has 23 heavy (non-hydrogen) atoms. The third-order valence-electron chi connectivity index (χ3n) is 2.73. The summed E-state index contributed by atoms with van der Waals surface area (Å²) < 4.78 is 14.9. The highest BCUT2D eigenvalue weighted by atomic mass is 19.1. The van der Waals surface area contributed by atoms with E-state index in [2.05, 4.69) is 18.9 Å². The lowest BCUT2D eigenvalue weighted by atomic mass is 10.2. The monoisotopic (exact) mass is 323 g/mol. The molecule has 128 valence electrons. The van der Waals surface area contributed by atoms with Crippen molar-refractivity contribution >= 4 is 11.7 Å². The highest BCUT2D eigenvalue weighted by Crippen LogP contribution is 2.18. The van der Waals surface area contributed by atoms with Gasteiger partial charge in [0.15, 0.2) is 5.69 Å². The smallest absolute Gasteiger partial charge is 0.358 e. The van der Waals surface area contributed by atoms with E-state index in [9.17, 15) is 9.18 Å². The molecule has 0 aliphatic heterocycles. The Balaban J connectivity index is 0.000000868. The molecule has 0 amide bonds. The molecule has 0 radical (unpaired) electrons. The Kier molecular flexibility index (Phi) is 9.30. The van der Waals surface area contributed by atoms with Crippen LogP contribution in [0.2, 0.25) is 0 Å². The molecule has 0 aliphatic rings. The molecular weight excluding hydrogens is 297 g/mol. The number of hydrogen-bond donors (Lipinski definition) is 2. The maximum absolute atomic E-state index is 13.5. The second kappa shape index (κ2) is 10.4. The van der Waals surface area contributed by atoms with Crippen molar-refractivity contribution in [1.82, 2.24) is 9.78 Å². The Morgan fingerprint density at radius 3 is 2.26 bits per heavy atom. The summed E-state index contributed by atoms with van der Waals surface area (Å²) in [6, 6.07) is 6.26. The second-order valence-electron chi connectivity index (χ2n) is 4.61. The maximum Gasteiger partial charge on any atom is 0.358 e. The number of halogens is 1. The summed E-state index contributed by atoms with van der Waals surface area (Å²) >= 11 is 0. The van der Waals surface area contributed by atoms with Gasteiger partial charge in [-0.1, -0.05) is 52.3 Å². The molecule has 0 spiro atoms. The number of nitrogens with zero attached hydrogens (tertiary/aromatic N) is 2. The van der Waals surface area contributed by atoms with Crippen molar-refractivity contribution in [1.29, 1.82) is 0 Å².